The number of piperidine rings is 1. The van der Waals surface area contributed by atoms with Crippen molar-refractivity contribution in [3.8, 4) is 0 Å². The molecule has 6 nitrogen and oxygen atoms in total. The summed E-state index contributed by atoms with van der Waals surface area (Å²) in [5, 5.41) is 9.71. The lowest BCUT2D eigenvalue weighted by molar-refractivity contribution is -0.122. The summed E-state index contributed by atoms with van der Waals surface area (Å²) in [4.78, 5) is 24.8. The maximum atomic E-state index is 12.9. The summed E-state index contributed by atoms with van der Waals surface area (Å²) in [5.41, 5.74) is 0.208. The number of carbonyl (C=O) groups excluding carboxylic acids is 1. The average Bonchev–Trinajstić information content (AvgIpc) is 3.29. The van der Waals surface area contributed by atoms with Gasteiger partial charge in [-0.05, 0) is 55.6 Å². The van der Waals surface area contributed by atoms with Crippen LogP contribution in [0, 0.1) is 5.41 Å². The first-order chi connectivity index (χ1) is 12.2. The maximum Gasteiger partial charge on any atom is 0.242 e. The Morgan fingerprint density at radius 2 is 2.28 bits per heavy atom. The molecule has 7 heteroatoms. The number of aromatic nitrogens is 2. The number of nitrogens with one attached hydrogen (secondary N) is 2. The lowest BCUT2D eigenvalue weighted by atomic mass is 9.81. The smallest absolute Gasteiger partial charge is 0.242 e. The molecule has 0 spiro atoms. The largest absolute Gasteiger partial charge is 0.354 e. The van der Waals surface area contributed by atoms with E-state index >= 15 is 0 Å². The van der Waals surface area contributed by atoms with E-state index in [0.29, 0.717) is 0 Å². The number of carbonyl (C=O) groups is 1. The molecule has 0 aliphatic carbocycles. The van der Waals surface area contributed by atoms with Crippen LogP contribution in [0.1, 0.15) is 32.6 Å². The van der Waals surface area contributed by atoms with Gasteiger partial charge in [-0.2, -0.15) is 0 Å². The SMILES string of the molecule is CC1(CNC(=O)C2CCCN2c2ncnc3sccc23)CCNCC1. The van der Waals surface area contributed by atoms with E-state index in [1.165, 1.54) is 0 Å². The van der Waals surface area contributed by atoms with Crippen LogP contribution >= 0.6 is 11.3 Å². The van der Waals surface area contributed by atoms with Crippen LogP contribution in [0.5, 0.6) is 0 Å². The summed E-state index contributed by atoms with van der Waals surface area (Å²) in [7, 11) is 0. The Kier molecular flexibility index (Phi) is 4.60. The van der Waals surface area contributed by atoms with Gasteiger partial charge in [0.25, 0.3) is 0 Å². The van der Waals surface area contributed by atoms with Crippen LogP contribution in [0.3, 0.4) is 0 Å². The van der Waals surface area contributed by atoms with Crippen LogP contribution in [-0.4, -0.2) is 48.1 Å². The van der Waals surface area contributed by atoms with Crippen molar-refractivity contribution in [1.82, 2.24) is 20.6 Å². The Morgan fingerprint density at radius 1 is 1.44 bits per heavy atom. The highest BCUT2D eigenvalue weighted by Crippen LogP contribution is 2.32. The summed E-state index contributed by atoms with van der Waals surface area (Å²) in [6.45, 7) is 5.99. The van der Waals surface area contributed by atoms with Crippen molar-refractivity contribution >= 4 is 33.3 Å². The standard InChI is InChI=1S/C18H25N5OS/c1-18(5-7-19-8-6-18)11-20-16(24)14-3-2-9-23(14)15-13-4-10-25-17(13)22-12-21-15/h4,10,12,14,19H,2-3,5-9,11H2,1H3,(H,20,24). The first-order valence-electron chi connectivity index (χ1n) is 9.10. The fourth-order valence-electron chi connectivity index (χ4n) is 3.92. The number of nitrogens with zero attached hydrogens (tertiary/aromatic N) is 3. The lowest BCUT2D eigenvalue weighted by Gasteiger charge is -2.35. The molecule has 0 bridgehead atoms. The van der Waals surface area contributed by atoms with E-state index in [0.717, 1.165) is 67.9 Å². The predicted molar refractivity (Wildman–Crippen MR) is 101 cm³/mol. The van der Waals surface area contributed by atoms with Crippen LogP contribution < -0.4 is 15.5 Å². The third-order valence-electron chi connectivity index (χ3n) is 5.57. The van der Waals surface area contributed by atoms with Crippen molar-refractivity contribution in [2.24, 2.45) is 5.41 Å². The van der Waals surface area contributed by atoms with Crippen molar-refractivity contribution < 1.29 is 4.79 Å². The zero-order chi connectivity index (χ0) is 17.3. The Morgan fingerprint density at radius 3 is 3.12 bits per heavy atom. The second-order valence-corrected chi connectivity index (χ2v) is 8.36. The van der Waals surface area contributed by atoms with Crippen molar-refractivity contribution in [2.45, 2.75) is 38.6 Å². The van der Waals surface area contributed by atoms with Crippen molar-refractivity contribution in [3.05, 3.63) is 17.8 Å². The van der Waals surface area contributed by atoms with Gasteiger partial charge in [0.05, 0.1) is 5.39 Å². The van der Waals surface area contributed by atoms with Gasteiger partial charge in [-0.15, -0.1) is 11.3 Å². The molecule has 2 aromatic heterocycles. The van der Waals surface area contributed by atoms with Gasteiger partial charge in [0.2, 0.25) is 5.91 Å². The molecule has 1 unspecified atom stereocenters. The molecule has 2 saturated heterocycles. The molecule has 2 aromatic rings. The highest BCUT2D eigenvalue weighted by molar-refractivity contribution is 7.16. The molecule has 2 aliphatic heterocycles. The van der Waals surface area contributed by atoms with Gasteiger partial charge >= 0.3 is 0 Å². The molecular formula is C18H25N5OS. The summed E-state index contributed by atoms with van der Waals surface area (Å²) in [5.74, 6) is 1.04. The van der Waals surface area contributed by atoms with E-state index in [1.54, 1.807) is 17.7 Å². The number of fused-ring (bicyclic) bond motifs is 1. The van der Waals surface area contributed by atoms with Crippen LogP contribution in [0.25, 0.3) is 10.2 Å². The Hall–Kier alpha value is -1.73. The molecule has 4 heterocycles. The maximum absolute atomic E-state index is 12.9. The monoisotopic (exact) mass is 359 g/mol. The molecule has 2 fully saturated rings. The molecule has 1 amide bonds. The quantitative estimate of drug-likeness (QED) is 0.875. The van der Waals surface area contributed by atoms with Gasteiger partial charge in [-0.25, -0.2) is 9.97 Å². The number of rotatable bonds is 4. The molecule has 0 saturated carbocycles. The first kappa shape index (κ1) is 16.7. The topological polar surface area (TPSA) is 70.2 Å². The summed E-state index contributed by atoms with van der Waals surface area (Å²) < 4.78 is 0. The highest BCUT2D eigenvalue weighted by Gasteiger charge is 2.34. The molecule has 4 rings (SSSR count). The fraction of sp³-hybridized carbons (Fsp3) is 0.611. The summed E-state index contributed by atoms with van der Waals surface area (Å²) >= 11 is 1.61. The van der Waals surface area contributed by atoms with E-state index in [9.17, 15) is 4.79 Å². The second-order valence-electron chi connectivity index (χ2n) is 7.47. The number of anilines is 1. The van der Waals surface area contributed by atoms with Gasteiger partial charge in [0, 0.05) is 13.1 Å². The second kappa shape index (κ2) is 6.88. The number of amides is 1. The van der Waals surface area contributed by atoms with Crippen molar-refractivity contribution in [1.29, 1.82) is 0 Å². The number of hydrogen-bond donors (Lipinski definition) is 2. The van der Waals surface area contributed by atoms with E-state index in [2.05, 4.69) is 38.5 Å². The van der Waals surface area contributed by atoms with Gasteiger partial charge < -0.3 is 15.5 Å². The predicted octanol–water partition coefficient (Wildman–Crippen LogP) is 2.17. The third kappa shape index (κ3) is 3.35. The highest BCUT2D eigenvalue weighted by atomic mass is 32.1. The first-order valence-corrected chi connectivity index (χ1v) is 9.98. The zero-order valence-electron chi connectivity index (χ0n) is 14.6. The van der Waals surface area contributed by atoms with E-state index < -0.39 is 0 Å². The molecule has 2 aliphatic rings. The van der Waals surface area contributed by atoms with E-state index in [-0.39, 0.29) is 17.4 Å². The van der Waals surface area contributed by atoms with Crippen LogP contribution in [0.15, 0.2) is 17.8 Å². The zero-order valence-corrected chi connectivity index (χ0v) is 15.4. The molecule has 25 heavy (non-hydrogen) atoms. The van der Waals surface area contributed by atoms with Gasteiger partial charge in [-0.1, -0.05) is 6.92 Å². The molecule has 0 radical (unpaired) electrons. The third-order valence-corrected chi connectivity index (χ3v) is 6.39. The van der Waals surface area contributed by atoms with Gasteiger partial charge in [-0.3, -0.25) is 4.79 Å². The Balaban J connectivity index is 1.47. The summed E-state index contributed by atoms with van der Waals surface area (Å²) in [6.07, 6.45) is 5.75. The lowest BCUT2D eigenvalue weighted by Crippen LogP contribution is -2.48. The van der Waals surface area contributed by atoms with Crippen molar-refractivity contribution in [2.75, 3.05) is 31.1 Å². The average molecular weight is 359 g/mol. The van der Waals surface area contributed by atoms with Crippen LogP contribution in [-0.2, 0) is 4.79 Å². The van der Waals surface area contributed by atoms with E-state index in [1.807, 2.05) is 5.38 Å². The Bertz CT molecular complexity index is 755. The van der Waals surface area contributed by atoms with Gasteiger partial charge in [0.1, 0.15) is 23.0 Å². The molecular weight excluding hydrogens is 334 g/mol. The minimum Gasteiger partial charge on any atom is -0.354 e. The van der Waals surface area contributed by atoms with Crippen molar-refractivity contribution in [3.63, 3.8) is 0 Å². The fourth-order valence-corrected chi connectivity index (χ4v) is 4.65. The van der Waals surface area contributed by atoms with Crippen LogP contribution in [0.4, 0.5) is 5.82 Å². The molecule has 0 aromatic carbocycles. The minimum absolute atomic E-state index is 0.122. The normalized spacial score (nSPS) is 23.1. The van der Waals surface area contributed by atoms with Crippen LogP contribution in [0.2, 0.25) is 0 Å². The molecule has 1 atom stereocenters. The number of thiophene rings is 1. The summed E-state index contributed by atoms with van der Waals surface area (Å²) in [6, 6.07) is 1.93. The molecule has 134 valence electrons. The van der Waals surface area contributed by atoms with Gasteiger partial charge in [0.15, 0.2) is 0 Å². The van der Waals surface area contributed by atoms with E-state index in [4.69, 9.17) is 0 Å². The minimum atomic E-state index is -0.122. The Labute approximate surface area is 152 Å². The molecule has 2 N–H and O–H groups in total. The number of hydrogen-bond acceptors (Lipinski definition) is 6.